The van der Waals surface area contributed by atoms with Gasteiger partial charge in [0, 0.05) is 6.04 Å². The molecule has 0 bridgehead atoms. The van der Waals surface area contributed by atoms with Crippen LogP contribution in [0.2, 0.25) is 5.02 Å². The summed E-state index contributed by atoms with van der Waals surface area (Å²) in [6, 6.07) is 8.16. The van der Waals surface area contributed by atoms with Crippen LogP contribution in [0, 0.1) is 6.92 Å². The first-order valence-corrected chi connectivity index (χ1v) is 7.70. The summed E-state index contributed by atoms with van der Waals surface area (Å²) in [7, 11) is 0. The lowest BCUT2D eigenvalue weighted by Gasteiger charge is -2.23. The molecule has 4 nitrogen and oxygen atoms in total. The second kappa shape index (κ2) is 6.13. The van der Waals surface area contributed by atoms with E-state index in [2.05, 4.69) is 29.5 Å². The molecule has 0 amide bonds. The molecule has 1 atom stereocenters. The molecule has 2 rings (SSSR count). The third-order valence-electron chi connectivity index (χ3n) is 3.58. The van der Waals surface area contributed by atoms with Gasteiger partial charge in [0.15, 0.2) is 0 Å². The lowest BCUT2D eigenvalue weighted by atomic mass is 10.0. The molecule has 5 heteroatoms. The van der Waals surface area contributed by atoms with Crippen LogP contribution in [0.4, 0.5) is 5.69 Å². The maximum atomic E-state index is 12.3. The Balaban J connectivity index is 2.34. The quantitative estimate of drug-likeness (QED) is 0.925. The van der Waals surface area contributed by atoms with Gasteiger partial charge in [-0.1, -0.05) is 35.9 Å². The molecule has 2 aromatic rings. The molecule has 1 aromatic carbocycles. The molecule has 22 heavy (non-hydrogen) atoms. The van der Waals surface area contributed by atoms with E-state index in [-0.39, 0.29) is 16.6 Å². The molecule has 0 fully saturated rings. The third kappa shape index (κ3) is 3.33. The maximum absolute atomic E-state index is 12.3. The minimum absolute atomic E-state index is 0.0328. The molecule has 0 unspecified atom stereocenters. The fourth-order valence-corrected chi connectivity index (χ4v) is 2.58. The van der Waals surface area contributed by atoms with E-state index in [4.69, 9.17) is 11.6 Å². The van der Waals surface area contributed by atoms with E-state index in [1.54, 1.807) is 6.20 Å². The summed E-state index contributed by atoms with van der Waals surface area (Å²) < 4.78 is 1.40. The summed E-state index contributed by atoms with van der Waals surface area (Å²) >= 11 is 6.24. The van der Waals surface area contributed by atoms with E-state index >= 15 is 0 Å². The summed E-state index contributed by atoms with van der Waals surface area (Å²) in [6.45, 7) is 9.85. The summed E-state index contributed by atoms with van der Waals surface area (Å²) in [5.74, 6) is 0. The van der Waals surface area contributed by atoms with Gasteiger partial charge in [0.1, 0.15) is 5.02 Å². The van der Waals surface area contributed by atoms with Crippen LogP contribution in [0.3, 0.4) is 0 Å². The van der Waals surface area contributed by atoms with Gasteiger partial charge in [0.25, 0.3) is 5.56 Å². The first-order chi connectivity index (χ1) is 10.2. The number of halogens is 1. The number of nitrogens with zero attached hydrogens (tertiary/aromatic N) is 2. The van der Waals surface area contributed by atoms with Crippen LogP contribution in [0.1, 0.15) is 44.9 Å². The van der Waals surface area contributed by atoms with Gasteiger partial charge < -0.3 is 5.32 Å². The van der Waals surface area contributed by atoms with Gasteiger partial charge >= 0.3 is 0 Å². The highest BCUT2D eigenvalue weighted by molar-refractivity contribution is 6.32. The summed E-state index contributed by atoms with van der Waals surface area (Å²) in [5, 5.41) is 7.69. The minimum Gasteiger partial charge on any atom is -0.376 e. The second-order valence-corrected chi connectivity index (χ2v) is 6.86. The normalized spacial score (nSPS) is 13.0. The number of aromatic nitrogens is 2. The van der Waals surface area contributed by atoms with Gasteiger partial charge in [-0.15, -0.1) is 0 Å². The van der Waals surface area contributed by atoms with Crippen LogP contribution >= 0.6 is 11.6 Å². The van der Waals surface area contributed by atoms with E-state index in [9.17, 15) is 4.79 Å². The molecule has 0 saturated carbocycles. The number of rotatable bonds is 3. The zero-order valence-corrected chi connectivity index (χ0v) is 14.4. The summed E-state index contributed by atoms with van der Waals surface area (Å²) in [4.78, 5) is 12.3. The number of benzene rings is 1. The smallest absolute Gasteiger partial charge is 0.288 e. The van der Waals surface area contributed by atoms with E-state index < -0.39 is 5.54 Å². The van der Waals surface area contributed by atoms with Crippen LogP contribution in [0.15, 0.2) is 35.3 Å². The average molecular weight is 320 g/mol. The molecule has 0 spiro atoms. The van der Waals surface area contributed by atoms with Gasteiger partial charge in [0.2, 0.25) is 0 Å². The van der Waals surface area contributed by atoms with E-state index in [0.717, 1.165) is 0 Å². The van der Waals surface area contributed by atoms with E-state index in [0.29, 0.717) is 5.69 Å². The van der Waals surface area contributed by atoms with Gasteiger partial charge in [0.05, 0.1) is 17.4 Å². The fourth-order valence-electron chi connectivity index (χ4n) is 2.39. The summed E-state index contributed by atoms with van der Waals surface area (Å²) in [5.41, 5.74) is 2.23. The van der Waals surface area contributed by atoms with Crippen molar-refractivity contribution in [3.8, 4) is 0 Å². The molecule has 0 saturated heterocycles. The number of hydrogen-bond acceptors (Lipinski definition) is 3. The topological polar surface area (TPSA) is 46.9 Å². The van der Waals surface area contributed by atoms with Crippen molar-refractivity contribution in [1.29, 1.82) is 0 Å². The number of anilines is 1. The van der Waals surface area contributed by atoms with Gasteiger partial charge in [-0.05, 0) is 45.7 Å². The predicted octanol–water partition coefficient (Wildman–Crippen LogP) is 4.13. The Morgan fingerprint density at radius 3 is 2.50 bits per heavy atom. The Labute approximate surface area is 136 Å². The van der Waals surface area contributed by atoms with Gasteiger partial charge in [-0.25, -0.2) is 4.68 Å². The highest BCUT2D eigenvalue weighted by Crippen LogP contribution is 2.25. The number of nitrogens with one attached hydrogen (secondary N) is 1. The standard InChI is InChI=1S/C17H22ClN3O/c1-11-8-6-7-9-13(11)12(2)20-14-10-19-21(17(3,4)5)16(22)15(14)18/h6-10,12,20H,1-5H3/t12-/m0/s1. The molecule has 1 heterocycles. The highest BCUT2D eigenvalue weighted by atomic mass is 35.5. The van der Waals surface area contributed by atoms with Crippen LogP contribution < -0.4 is 10.9 Å². The van der Waals surface area contributed by atoms with E-state index in [1.807, 2.05) is 39.8 Å². The molecular weight excluding hydrogens is 298 g/mol. The fraction of sp³-hybridized carbons (Fsp3) is 0.412. The van der Waals surface area contributed by atoms with Crippen LogP contribution in [0.5, 0.6) is 0 Å². The molecule has 1 aromatic heterocycles. The molecule has 0 aliphatic carbocycles. The lowest BCUT2D eigenvalue weighted by Crippen LogP contribution is -2.36. The van der Waals surface area contributed by atoms with Crippen molar-refractivity contribution in [2.24, 2.45) is 0 Å². The third-order valence-corrected chi connectivity index (χ3v) is 3.95. The molecule has 0 radical (unpaired) electrons. The van der Waals surface area contributed by atoms with Crippen molar-refractivity contribution < 1.29 is 0 Å². The molecule has 0 aliphatic rings. The molecule has 118 valence electrons. The largest absolute Gasteiger partial charge is 0.376 e. The van der Waals surface area contributed by atoms with Crippen LogP contribution in [-0.4, -0.2) is 9.78 Å². The number of aryl methyl sites for hydroxylation is 1. The molecule has 1 N–H and O–H groups in total. The Morgan fingerprint density at radius 2 is 1.91 bits per heavy atom. The summed E-state index contributed by atoms with van der Waals surface area (Å²) in [6.07, 6.45) is 1.61. The zero-order valence-electron chi connectivity index (χ0n) is 13.6. The average Bonchev–Trinajstić information content (AvgIpc) is 2.43. The van der Waals surface area contributed by atoms with Crippen LogP contribution in [-0.2, 0) is 5.54 Å². The van der Waals surface area contributed by atoms with E-state index in [1.165, 1.54) is 15.8 Å². The Morgan fingerprint density at radius 1 is 1.27 bits per heavy atom. The van der Waals surface area contributed by atoms with Gasteiger partial charge in [-0.2, -0.15) is 5.10 Å². The molecular formula is C17H22ClN3O. The van der Waals surface area contributed by atoms with Crippen molar-refractivity contribution in [3.63, 3.8) is 0 Å². The van der Waals surface area contributed by atoms with Crippen molar-refractivity contribution in [3.05, 3.63) is 57.0 Å². The Kier molecular flexibility index (Phi) is 4.61. The Hall–Kier alpha value is -1.81. The maximum Gasteiger partial charge on any atom is 0.288 e. The SMILES string of the molecule is Cc1ccccc1[C@H](C)Nc1cnn(C(C)(C)C)c(=O)c1Cl. The number of hydrogen-bond donors (Lipinski definition) is 1. The van der Waals surface area contributed by atoms with Crippen molar-refractivity contribution in [1.82, 2.24) is 9.78 Å². The molecule has 0 aliphatic heterocycles. The van der Waals surface area contributed by atoms with Crippen LogP contribution in [0.25, 0.3) is 0 Å². The van der Waals surface area contributed by atoms with Gasteiger partial charge in [-0.3, -0.25) is 4.79 Å². The lowest BCUT2D eigenvalue weighted by molar-refractivity contribution is 0.338. The van der Waals surface area contributed by atoms with Crippen molar-refractivity contribution in [2.75, 3.05) is 5.32 Å². The minimum atomic E-state index is -0.402. The first kappa shape index (κ1) is 16.6. The van der Waals surface area contributed by atoms with Crippen molar-refractivity contribution in [2.45, 2.75) is 46.2 Å². The van der Waals surface area contributed by atoms with Crippen molar-refractivity contribution >= 4 is 17.3 Å². The second-order valence-electron chi connectivity index (χ2n) is 6.48. The Bertz CT molecular complexity index is 731. The first-order valence-electron chi connectivity index (χ1n) is 7.32. The highest BCUT2D eigenvalue weighted by Gasteiger charge is 2.20. The predicted molar refractivity (Wildman–Crippen MR) is 91.7 cm³/mol. The monoisotopic (exact) mass is 319 g/mol. The zero-order chi connectivity index (χ0) is 16.5.